The monoisotopic (exact) mass is 323 g/mol. The molecule has 0 amide bonds. The van der Waals surface area contributed by atoms with Crippen molar-refractivity contribution < 1.29 is 13.2 Å². The summed E-state index contributed by atoms with van der Waals surface area (Å²) in [6.07, 6.45) is 0. The lowest BCUT2D eigenvalue weighted by Crippen LogP contribution is -2.15. The van der Waals surface area contributed by atoms with Crippen LogP contribution in [0.2, 0.25) is 5.02 Å². The lowest BCUT2D eigenvalue weighted by atomic mass is 10.0. The number of Topliss-reactive ketones (excluding diaryl/α,β-unsaturated/α-hetero) is 1. The van der Waals surface area contributed by atoms with E-state index in [-0.39, 0.29) is 16.4 Å². The smallest absolute Gasteiger partial charge is 0.261 e. The van der Waals surface area contributed by atoms with Crippen LogP contribution >= 0.6 is 11.6 Å². The molecule has 0 aliphatic heterocycles. The van der Waals surface area contributed by atoms with Crippen molar-refractivity contribution >= 4 is 33.1 Å². The number of benzene rings is 2. The highest BCUT2D eigenvalue weighted by molar-refractivity contribution is 7.92. The van der Waals surface area contributed by atoms with Crippen LogP contribution in [-0.2, 0) is 10.0 Å². The van der Waals surface area contributed by atoms with Crippen LogP contribution in [0.3, 0.4) is 0 Å². The highest BCUT2D eigenvalue weighted by atomic mass is 35.5. The maximum Gasteiger partial charge on any atom is 0.261 e. The van der Waals surface area contributed by atoms with Crippen LogP contribution in [0.5, 0.6) is 0 Å². The maximum atomic E-state index is 12.3. The summed E-state index contributed by atoms with van der Waals surface area (Å²) in [5, 5.41) is 0.453. The van der Waals surface area contributed by atoms with Crippen LogP contribution in [0.15, 0.2) is 47.4 Å². The molecular weight excluding hydrogens is 310 g/mol. The average molecular weight is 324 g/mol. The van der Waals surface area contributed by atoms with Crippen LogP contribution in [0.1, 0.15) is 22.8 Å². The van der Waals surface area contributed by atoms with E-state index >= 15 is 0 Å². The predicted molar refractivity (Wildman–Crippen MR) is 83.4 cm³/mol. The van der Waals surface area contributed by atoms with Gasteiger partial charge in [0.15, 0.2) is 5.78 Å². The van der Waals surface area contributed by atoms with Gasteiger partial charge in [0, 0.05) is 10.6 Å². The second-order valence-electron chi connectivity index (χ2n) is 4.61. The minimum absolute atomic E-state index is 0.0860. The quantitative estimate of drug-likeness (QED) is 0.873. The van der Waals surface area contributed by atoms with Gasteiger partial charge in [0.25, 0.3) is 10.0 Å². The third-order valence-corrected chi connectivity index (χ3v) is 4.63. The van der Waals surface area contributed by atoms with Crippen molar-refractivity contribution in [2.75, 3.05) is 4.72 Å². The zero-order valence-electron chi connectivity index (χ0n) is 11.6. The third-order valence-electron chi connectivity index (χ3n) is 2.99. The first-order valence-corrected chi connectivity index (χ1v) is 8.06. The fourth-order valence-electron chi connectivity index (χ4n) is 2.04. The van der Waals surface area contributed by atoms with Crippen LogP contribution in [0.25, 0.3) is 0 Å². The molecule has 6 heteroatoms. The molecule has 0 saturated heterocycles. The number of aryl methyl sites for hydroxylation is 1. The van der Waals surface area contributed by atoms with Gasteiger partial charge in [0.2, 0.25) is 0 Å². The fourth-order valence-corrected chi connectivity index (χ4v) is 3.24. The van der Waals surface area contributed by atoms with E-state index in [9.17, 15) is 13.2 Å². The number of hydrogen-bond donors (Lipinski definition) is 1. The third kappa shape index (κ3) is 3.43. The topological polar surface area (TPSA) is 63.2 Å². The van der Waals surface area contributed by atoms with E-state index in [1.807, 2.05) is 0 Å². The molecule has 21 heavy (non-hydrogen) atoms. The van der Waals surface area contributed by atoms with Gasteiger partial charge in [-0.25, -0.2) is 8.42 Å². The number of nitrogens with one attached hydrogen (secondary N) is 1. The van der Waals surface area contributed by atoms with E-state index in [0.717, 1.165) is 5.56 Å². The molecule has 1 N–H and O–H groups in total. The summed E-state index contributed by atoms with van der Waals surface area (Å²) in [5.74, 6) is -0.193. The zero-order chi connectivity index (χ0) is 15.6. The standard InChI is InChI=1S/C15H14ClNO3S/c1-10-4-3-5-14(15(10)11(2)18)17-21(19,20)13-8-6-12(16)7-9-13/h3-9,17H,1-2H3. The Hall–Kier alpha value is -1.85. The van der Waals surface area contributed by atoms with Crippen LogP contribution in [0, 0.1) is 6.92 Å². The molecule has 0 aliphatic carbocycles. The Morgan fingerprint density at radius 1 is 1.10 bits per heavy atom. The number of halogens is 1. The molecular formula is C15H14ClNO3S. The maximum absolute atomic E-state index is 12.3. The van der Waals surface area contributed by atoms with Crippen molar-refractivity contribution in [1.29, 1.82) is 0 Å². The number of hydrogen-bond acceptors (Lipinski definition) is 3. The Labute approximate surface area is 128 Å². The van der Waals surface area contributed by atoms with E-state index in [1.54, 1.807) is 25.1 Å². The van der Waals surface area contributed by atoms with Crippen LogP contribution < -0.4 is 4.72 Å². The first kappa shape index (κ1) is 15.5. The van der Waals surface area contributed by atoms with E-state index in [4.69, 9.17) is 11.6 Å². The average Bonchev–Trinajstić information content (AvgIpc) is 2.38. The van der Waals surface area contributed by atoms with Gasteiger partial charge < -0.3 is 0 Å². The number of ketones is 1. The second kappa shape index (κ2) is 5.87. The molecule has 0 heterocycles. The molecule has 110 valence electrons. The number of anilines is 1. The van der Waals surface area contributed by atoms with E-state index in [0.29, 0.717) is 10.6 Å². The number of rotatable bonds is 4. The number of carbonyl (C=O) groups excluding carboxylic acids is 1. The van der Waals surface area contributed by atoms with E-state index < -0.39 is 10.0 Å². The van der Waals surface area contributed by atoms with E-state index in [1.165, 1.54) is 31.2 Å². The molecule has 0 radical (unpaired) electrons. The minimum atomic E-state index is -3.76. The van der Waals surface area contributed by atoms with E-state index in [2.05, 4.69) is 4.72 Å². The zero-order valence-corrected chi connectivity index (χ0v) is 13.1. The SMILES string of the molecule is CC(=O)c1c(C)cccc1NS(=O)(=O)c1ccc(Cl)cc1. The van der Waals surface area contributed by atoms with Gasteiger partial charge in [-0.05, 0) is 49.7 Å². The summed E-state index contributed by atoms with van der Waals surface area (Å²) in [5.41, 5.74) is 1.37. The van der Waals surface area contributed by atoms with Crippen LogP contribution in [0.4, 0.5) is 5.69 Å². The van der Waals surface area contributed by atoms with Gasteiger partial charge in [0.1, 0.15) is 0 Å². The minimum Gasteiger partial charge on any atom is -0.294 e. The Balaban J connectivity index is 2.44. The molecule has 4 nitrogen and oxygen atoms in total. The molecule has 0 bridgehead atoms. The van der Waals surface area contributed by atoms with Gasteiger partial charge in [-0.15, -0.1) is 0 Å². The van der Waals surface area contributed by atoms with Gasteiger partial charge >= 0.3 is 0 Å². The van der Waals surface area contributed by atoms with Gasteiger partial charge in [0.05, 0.1) is 10.6 Å². The van der Waals surface area contributed by atoms with Crippen molar-refractivity contribution in [3.8, 4) is 0 Å². The summed E-state index contributed by atoms with van der Waals surface area (Å²) in [4.78, 5) is 11.8. The Bertz CT molecular complexity index is 783. The summed E-state index contributed by atoms with van der Waals surface area (Å²) >= 11 is 5.75. The molecule has 0 fully saturated rings. The highest BCUT2D eigenvalue weighted by Gasteiger charge is 2.18. The number of carbonyl (C=O) groups is 1. The summed E-state index contributed by atoms with van der Waals surface area (Å²) < 4.78 is 27.1. The van der Waals surface area contributed by atoms with Gasteiger partial charge in [-0.1, -0.05) is 23.7 Å². The molecule has 0 atom stereocenters. The fraction of sp³-hybridized carbons (Fsp3) is 0.133. The molecule has 0 aliphatic rings. The van der Waals surface area contributed by atoms with Crippen molar-refractivity contribution in [2.24, 2.45) is 0 Å². The van der Waals surface area contributed by atoms with Crippen LogP contribution in [-0.4, -0.2) is 14.2 Å². The predicted octanol–water partition coefficient (Wildman–Crippen LogP) is 3.65. The molecule has 2 rings (SSSR count). The molecule has 2 aromatic carbocycles. The molecule has 2 aromatic rings. The van der Waals surface area contributed by atoms with Gasteiger partial charge in [-0.2, -0.15) is 0 Å². The van der Waals surface area contributed by atoms with Crippen molar-refractivity contribution in [1.82, 2.24) is 0 Å². The highest BCUT2D eigenvalue weighted by Crippen LogP contribution is 2.24. The largest absolute Gasteiger partial charge is 0.294 e. The lowest BCUT2D eigenvalue weighted by molar-refractivity contribution is 0.101. The molecule has 0 saturated carbocycles. The summed E-state index contributed by atoms with van der Waals surface area (Å²) in [6.45, 7) is 3.17. The molecule has 0 unspecified atom stereocenters. The Morgan fingerprint density at radius 2 is 1.71 bits per heavy atom. The Kier molecular flexibility index (Phi) is 4.34. The lowest BCUT2D eigenvalue weighted by Gasteiger charge is -2.13. The normalized spacial score (nSPS) is 11.2. The summed E-state index contributed by atoms with van der Waals surface area (Å²) in [7, 11) is -3.76. The second-order valence-corrected chi connectivity index (χ2v) is 6.73. The summed E-state index contributed by atoms with van der Waals surface area (Å²) in [6, 6.07) is 10.8. The van der Waals surface area contributed by atoms with Crippen molar-refractivity contribution in [2.45, 2.75) is 18.7 Å². The number of sulfonamides is 1. The molecule has 0 aromatic heterocycles. The van der Waals surface area contributed by atoms with Crippen molar-refractivity contribution in [3.05, 3.63) is 58.6 Å². The Morgan fingerprint density at radius 3 is 2.29 bits per heavy atom. The first-order valence-electron chi connectivity index (χ1n) is 6.20. The van der Waals surface area contributed by atoms with Gasteiger partial charge in [-0.3, -0.25) is 9.52 Å². The van der Waals surface area contributed by atoms with Crippen molar-refractivity contribution in [3.63, 3.8) is 0 Å². The first-order chi connectivity index (χ1) is 9.81. The molecule has 0 spiro atoms.